The quantitative estimate of drug-likeness (QED) is 0.156. The van der Waals surface area contributed by atoms with Gasteiger partial charge in [-0.15, -0.1) is 11.3 Å². The van der Waals surface area contributed by atoms with E-state index in [9.17, 15) is 8.78 Å². The second-order valence-electron chi connectivity index (χ2n) is 14.8. The second kappa shape index (κ2) is 14.2. The highest BCUT2D eigenvalue weighted by molar-refractivity contribution is 7.26. The Kier molecular flexibility index (Phi) is 8.42. The molecule has 0 aliphatic heterocycles. The van der Waals surface area contributed by atoms with Gasteiger partial charge >= 0.3 is 0 Å². The van der Waals surface area contributed by atoms with Crippen molar-refractivity contribution in [1.82, 2.24) is 4.57 Å². The normalized spacial score (nSPS) is 11.6. The highest BCUT2D eigenvalue weighted by Gasteiger charge is 2.20. The Hall–Kier alpha value is -7.34. The van der Waals surface area contributed by atoms with Crippen molar-refractivity contribution in [3.63, 3.8) is 0 Å². The first-order valence-electron chi connectivity index (χ1n) is 19.6. The number of hydrogen-bond acceptors (Lipinski definition) is 2. The molecule has 0 spiro atoms. The first kappa shape index (κ1) is 34.9. The second-order valence-corrected chi connectivity index (χ2v) is 15.9. The standard InChI is InChI=1S/C54H34F2N2S/c55-39-25-29-46-47-30-26-40(56)34-52(47)58(51(46)33-39)43-16-9-14-38(32-43)37-13-8-15-42(31-37)57(50-21-6-4-17-44(50)35-11-2-1-3-12-35)41-27-23-36(24-28-41)45-19-10-20-49-48-18-5-7-22-53(48)59-54(45)49/h1-34H. The predicted molar refractivity (Wildman–Crippen MR) is 245 cm³/mol. The lowest BCUT2D eigenvalue weighted by Gasteiger charge is -2.28. The predicted octanol–water partition coefficient (Wildman–Crippen LogP) is 15.9. The van der Waals surface area contributed by atoms with Crippen molar-refractivity contribution in [3.8, 4) is 39.1 Å². The minimum absolute atomic E-state index is 0.341. The molecule has 9 aromatic carbocycles. The summed E-state index contributed by atoms with van der Waals surface area (Å²) < 4.78 is 34.0. The van der Waals surface area contributed by atoms with Crippen molar-refractivity contribution in [1.29, 1.82) is 0 Å². The van der Waals surface area contributed by atoms with Crippen LogP contribution in [-0.2, 0) is 0 Å². The fraction of sp³-hybridized carbons (Fsp3) is 0. The van der Waals surface area contributed by atoms with Crippen LogP contribution in [0.5, 0.6) is 0 Å². The molecule has 11 aromatic rings. The Morgan fingerprint density at radius 1 is 0.390 bits per heavy atom. The molecule has 0 N–H and O–H groups in total. The molecule has 0 aliphatic rings. The third-order valence-corrected chi connectivity index (χ3v) is 12.5. The summed E-state index contributed by atoms with van der Waals surface area (Å²) >= 11 is 1.84. The lowest BCUT2D eigenvalue weighted by atomic mass is 9.99. The van der Waals surface area contributed by atoms with Crippen LogP contribution in [0.2, 0.25) is 0 Å². The first-order valence-corrected chi connectivity index (χ1v) is 20.4. The van der Waals surface area contributed by atoms with Crippen molar-refractivity contribution in [3.05, 3.63) is 218 Å². The number of nitrogens with zero attached hydrogens (tertiary/aromatic N) is 2. The molecule has 0 bridgehead atoms. The number of aromatic nitrogens is 1. The Bertz CT molecular complexity index is 3310. The minimum atomic E-state index is -0.341. The van der Waals surface area contributed by atoms with Gasteiger partial charge in [-0.2, -0.15) is 0 Å². The maximum absolute atomic E-state index is 14.7. The van der Waals surface area contributed by atoms with Crippen molar-refractivity contribution < 1.29 is 8.78 Å². The molecule has 0 amide bonds. The van der Waals surface area contributed by atoms with Gasteiger partial charge in [0.15, 0.2) is 0 Å². The summed E-state index contributed by atoms with van der Waals surface area (Å²) in [5.74, 6) is -0.682. The van der Waals surface area contributed by atoms with E-state index < -0.39 is 0 Å². The highest BCUT2D eigenvalue weighted by Crippen LogP contribution is 2.44. The lowest BCUT2D eigenvalue weighted by Crippen LogP contribution is -2.11. The van der Waals surface area contributed by atoms with Gasteiger partial charge in [-0.05, 0) is 113 Å². The molecule has 11 rings (SSSR count). The summed E-state index contributed by atoms with van der Waals surface area (Å²) in [5.41, 5.74) is 11.9. The zero-order valence-corrected chi connectivity index (χ0v) is 32.5. The van der Waals surface area contributed by atoms with Gasteiger partial charge in [0.25, 0.3) is 0 Å². The van der Waals surface area contributed by atoms with Gasteiger partial charge in [-0.3, -0.25) is 0 Å². The van der Waals surface area contributed by atoms with E-state index >= 15 is 0 Å². The molecule has 5 heteroatoms. The Morgan fingerprint density at radius 3 is 1.76 bits per heavy atom. The Labute approximate surface area is 344 Å². The summed E-state index contributed by atoms with van der Waals surface area (Å²) in [7, 11) is 0. The van der Waals surface area contributed by atoms with Crippen LogP contribution in [-0.4, -0.2) is 4.57 Å². The lowest BCUT2D eigenvalue weighted by molar-refractivity contribution is 0.629. The zero-order chi connectivity index (χ0) is 39.5. The number of thiophene rings is 1. The molecule has 0 saturated carbocycles. The molecule has 0 unspecified atom stereocenters. The van der Waals surface area contributed by atoms with Gasteiger partial charge in [-0.25, -0.2) is 8.78 Å². The van der Waals surface area contributed by atoms with Crippen LogP contribution in [0.25, 0.3) is 81.0 Å². The molecule has 2 nitrogen and oxygen atoms in total. The van der Waals surface area contributed by atoms with Crippen LogP contribution in [0, 0.1) is 11.6 Å². The van der Waals surface area contributed by atoms with Crippen LogP contribution >= 0.6 is 11.3 Å². The fourth-order valence-corrected chi connectivity index (χ4v) is 9.85. The average Bonchev–Trinajstić information content (AvgIpc) is 3.82. The molecular weight excluding hydrogens is 747 g/mol. The summed E-state index contributed by atoms with van der Waals surface area (Å²) in [6.07, 6.45) is 0. The molecule has 59 heavy (non-hydrogen) atoms. The molecule has 0 radical (unpaired) electrons. The molecule has 2 aromatic heterocycles. The molecule has 2 heterocycles. The van der Waals surface area contributed by atoms with Crippen LogP contribution in [0.15, 0.2) is 206 Å². The van der Waals surface area contributed by atoms with Crippen molar-refractivity contribution in [2.45, 2.75) is 0 Å². The van der Waals surface area contributed by atoms with E-state index in [1.165, 1.54) is 50.0 Å². The van der Waals surface area contributed by atoms with Crippen molar-refractivity contribution >= 4 is 70.4 Å². The summed E-state index contributed by atoms with van der Waals surface area (Å²) in [6.45, 7) is 0. The topological polar surface area (TPSA) is 8.17 Å². The molecule has 0 saturated heterocycles. The number of benzene rings is 9. The third-order valence-electron chi connectivity index (χ3n) is 11.3. The largest absolute Gasteiger partial charge is 0.310 e. The van der Waals surface area contributed by atoms with Crippen molar-refractivity contribution in [2.75, 3.05) is 4.90 Å². The Balaban J connectivity index is 1.05. The maximum Gasteiger partial charge on any atom is 0.125 e. The fourth-order valence-electron chi connectivity index (χ4n) is 8.61. The summed E-state index contributed by atoms with van der Waals surface area (Å²) in [5, 5.41) is 4.31. The number of rotatable bonds is 7. The van der Waals surface area contributed by atoms with E-state index in [2.05, 4.69) is 157 Å². The van der Waals surface area contributed by atoms with Crippen LogP contribution in [0.3, 0.4) is 0 Å². The number of para-hydroxylation sites is 1. The number of halogens is 2. The van der Waals surface area contributed by atoms with E-state index in [1.54, 1.807) is 12.1 Å². The van der Waals surface area contributed by atoms with E-state index in [-0.39, 0.29) is 11.6 Å². The number of hydrogen-bond donors (Lipinski definition) is 0. The number of fused-ring (bicyclic) bond motifs is 6. The summed E-state index contributed by atoms with van der Waals surface area (Å²) in [4.78, 5) is 2.33. The van der Waals surface area contributed by atoms with E-state index in [1.807, 2.05) is 34.1 Å². The van der Waals surface area contributed by atoms with E-state index in [0.717, 1.165) is 61.3 Å². The van der Waals surface area contributed by atoms with Gasteiger partial charge in [-0.1, -0.05) is 121 Å². The van der Waals surface area contributed by atoms with E-state index in [0.29, 0.717) is 11.0 Å². The molecule has 0 aliphatic carbocycles. The molecule has 280 valence electrons. The molecule has 0 atom stereocenters. The first-order chi connectivity index (χ1) is 29.1. The monoisotopic (exact) mass is 780 g/mol. The highest BCUT2D eigenvalue weighted by atomic mass is 32.1. The van der Waals surface area contributed by atoms with Gasteiger partial charge in [0.1, 0.15) is 11.6 Å². The smallest absolute Gasteiger partial charge is 0.125 e. The van der Waals surface area contributed by atoms with Gasteiger partial charge in [0.05, 0.1) is 16.7 Å². The number of anilines is 3. The van der Waals surface area contributed by atoms with E-state index in [4.69, 9.17) is 0 Å². The maximum atomic E-state index is 14.7. The molecular formula is C54H34F2N2S. The SMILES string of the molecule is Fc1ccc2c3ccc(F)cc3n(-c3cccc(-c4cccc(N(c5ccc(-c6cccc7c6sc6ccccc67)cc5)c5ccccc5-c5ccccc5)c4)c3)c2c1. The van der Waals surface area contributed by atoms with Gasteiger partial charge in [0, 0.05) is 53.6 Å². The van der Waals surface area contributed by atoms with Gasteiger partial charge < -0.3 is 9.47 Å². The Morgan fingerprint density at radius 2 is 0.983 bits per heavy atom. The zero-order valence-electron chi connectivity index (χ0n) is 31.7. The van der Waals surface area contributed by atoms with Crippen molar-refractivity contribution in [2.24, 2.45) is 0 Å². The van der Waals surface area contributed by atoms with Crippen LogP contribution < -0.4 is 4.90 Å². The average molecular weight is 781 g/mol. The third kappa shape index (κ3) is 6.06. The van der Waals surface area contributed by atoms with Crippen LogP contribution in [0.1, 0.15) is 0 Å². The van der Waals surface area contributed by atoms with Crippen LogP contribution in [0.4, 0.5) is 25.8 Å². The minimum Gasteiger partial charge on any atom is -0.310 e. The van der Waals surface area contributed by atoms with Gasteiger partial charge in [0.2, 0.25) is 0 Å². The summed E-state index contributed by atoms with van der Waals surface area (Å²) in [6, 6.07) is 69.5. The molecule has 0 fully saturated rings.